The Morgan fingerprint density at radius 2 is 1.88 bits per heavy atom. The number of nitrogens with zero attached hydrogens (tertiary/aromatic N) is 1. The van der Waals surface area contributed by atoms with Gasteiger partial charge in [0.1, 0.15) is 0 Å². The first-order valence-electron chi connectivity index (χ1n) is 6.41. The highest BCUT2D eigenvalue weighted by Crippen LogP contribution is 2.26. The molecule has 0 aromatic heterocycles. The van der Waals surface area contributed by atoms with E-state index in [1.807, 2.05) is 0 Å². The van der Waals surface area contributed by atoms with Crippen molar-refractivity contribution in [1.82, 2.24) is 0 Å². The van der Waals surface area contributed by atoms with Crippen LogP contribution < -0.4 is 4.90 Å². The third kappa shape index (κ3) is 2.79. The lowest BCUT2D eigenvalue weighted by atomic mass is 10.00. The first-order valence-corrected chi connectivity index (χ1v) is 6.41. The van der Waals surface area contributed by atoms with Crippen LogP contribution in [-0.4, -0.2) is 6.04 Å². The molecule has 17 heavy (non-hydrogen) atoms. The second-order valence-electron chi connectivity index (χ2n) is 5.01. The lowest BCUT2D eigenvalue weighted by molar-refractivity contribution is 0.698. The maximum atomic E-state index is 2.40. The molecule has 0 N–H and O–H groups in total. The van der Waals surface area contributed by atoms with Crippen LogP contribution in [0, 0.1) is 5.92 Å². The standard InChI is InChI=1S/C16H21N/c1-13(2)17(15-9-5-4-6-10-15)16-11-7-8-14(3)12-16/h4-7,9-14H,8H2,1-3H3. The van der Waals surface area contributed by atoms with Gasteiger partial charge in [0.25, 0.3) is 0 Å². The quantitative estimate of drug-likeness (QED) is 0.740. The molecule has 1 atom stereocenters. The Morgan fingerprint density at radius 3 is 2.47 bits per heavy atom. The summed E-state index contributed by atoms with van der Waals surface area (Å²) in [5, 5.41) is 0. The number of hydrogen-bond donors (Lipinski definition) is 0. The van der Waals surface area contributed by atoms with Gasteiger partial charge in [-0.05, 0) is 44.4 Å². The van der Waals surface area contributed by atoms with E-state index in [2.05, 4.69) is 74.2 Å². The Morgan fingerprint density at radius 1 is 1.18 bits per heavy atom. The summed E-state index contributed by atoms with van der Waals surface area (Å²) in [5.41, 5.74) is 2.59. The topological polar surface area (TPSA) is 3.24 Å². The fourth-order valence-electron chi connectivity index (χ4n) is 2.31. The maximum Gasteiger partial charge on any atom is 0.0413 e. The van der Waals surface area contributed by atoms with Crippen molar-refractivity contribution in [2.45, 2.75) is 33.2 Å². The second-order valence-corrected chi connectivity index (χ2v) is 5.01. The molecule has 1 unspecified atom stereocenters. The minimum absolute atomic E-state index is 0.471. The molecule has 1 heteroatoms. The summed E-state index contributed by atoms with van der Waals surface area (Å²) in [6.45, 7) is 6.74. The van der Waals surface area contributed by atoms with Crippen LogP contribution in [0.15, 0.2) is 54.3 Å². The third-order valence-electron chi connectivity index (χ3n) is 3.08. The Balaban J connectivity index is 2.33. The second kappa shape index (κ2) is 5.22. The zero-order valence-electron chi connectivity index (χ0n) is 10.9. The predicted molar refractivity (Wildman–Crippen MR) is 75.1 cm³/mol. The van der Waals surface area contributed by atoms with E-state index in [4.69, 9.17) is 0 Å². The van der Waals surface area contributed by atoms with E-state index in [-0.39, 0.29) is 0 Å². The lowest BCUT2D eigenvalue weighted by Crippen LogP contribution is -2.30. The number of rotatable bonds is 3. The van der Waals surface area contributed by atoms with Gasteiger partial charge in [-0.1, -0.05) is 37.3 Å². The predicted octanol–water partition coefficient (Wildman–Crippen LogP) is 4.38. The summed E-state index contributed by atoms with van der Waals surface area (Å²) in [7, 11) is 0. The molecule has 0 aliphatic heterocycles. The van der Waals surface area contributed by atoms with Crippen molar-refractivity contribution < 1.29 is 0 Å². The number of benzene rings is 1. The van der Waals surface area contributed by atoms with Crippen LogP contribution in [-0.2, 0) is 0 Å². The van der Waals surface area contributed by atoms with Crippen LogP contribution in [0.3, 0.4) is 0 Å². The first-order chi connectivity index (χ1) is 8.18. The van der Waals surface area contributed by atoms with Crippen LogP contribution in [0.2, 0.25) is 0 Å². The van der Waals surface area contributed by atoms with E-state index in [1.165, 1.54) is 11.4 Å². The van der Waals surface area contributed by atoms with Crippen molar-refractivity contribution in [3.63, 3.8) is 0 Å². The van der Waals surface area contributed by atoms with Crippen molar-refractivity contribution >= 4 is 5.69 Å². The maximum absolute atomic E-state index is 2.40. The summed E-state index contributed by atoms with van der Waals surface area (Å²) in [4.78, 5) is 2.40. The zero-order valence-corrected chi connectivity index (χ0v) is 10.9. The summed E-state index contributed by atoms with van der Waals surface area (Å²) >= 11 is 0. The number of allylic oxidation sites excluding steroid dienone is 3. The zero-order chi connectivity index (χ0) is 12.3. The highest BCUT2D eigenvalue weighted by molar-refractivity contribution is 5.55. The van der Waals surface area contributed by atoms with Gasteiger partial charge in [0.2, 0.25) is 0 Å². The monoisotopic (exact) mass is 227 g/mol. The molecule has 1 aliphatic rings. The number of hydrogen-bond acceptors (Lipinski definition) is 1. The third-order valence-corrected chi connectivity index (χ3v) is 3.08. The number of anilines is 1. The van der Waals surface area contributed by atoms with Crippen molar-refractivity contribution in [3.05, 3.63) is 54.3 Å². The Kier molecular flexibility index (Phi) is 3.68. The Labute approximate surface area is 104 Å². The molecule has 0 spiro atoms. The van der Waals surface area contributed by atoms with Gasteiger partial charge >= 0.3 is 0 Å². The molecule has 0 saturated carbocycles. The molecular weight excluding hydrogens is 206 g/mol. The van der Waals surface area contributed by atoms with E-state index in [0.717, 1.165) is 6.42 Å². The van der Waals surface area contributed by atoms with Crippen LogP contribution in [0.4, 0.5) is 5.69 Å². The van der Waals surface area contributed by atoms with E-state index in [0.29, 0.717) is 12.0 Å². The molecule has 0 amide bonds. The summed E-state index contributed by atoms with van der Waals surface area (Å²) < 4.78 is 0. The minimum atomic E-state index is 0.471. The van der Waals surface area contributed by atoms with Crippen LogP contribution in [0.25, 0.3) is 0 Å². The average Bonchev–Trinajstić information content (AvgIpc) is 2.30. The first kappa shape index (κ1) is 12.0. The molecule has 1 aromatic carbocycles. The van der Waals surface area contributed by atoms with Gasteiger partial charge in [-0.3, -0.25) is 0 Å². The highest BCUT2D eigenvalue weighted by atomic mass is 15.2. The van der Waals surface area contributed by atoms with Crippen LogP contribution >= 0.6 is 0 Å². The molecule has 2 rings (SSSR count). The molecule has 90 valence electrons. The van der Waals surface area contributed by atoms with Gasteiger partial charge in [0.15, 0.2) is 0 Å². The van der Waals surface area contributed by atoms with E-state index >= 15 is 0 Å². The Hall–Kier alpha value is -1.50. The van der Waals surface area contributed by atoms with Crippen molar-refractivity contribution in [1.29, 1.82) is 0 Å². The molecule has 0 saturated heterocycles. The smallest absolute Gasteiger partial charge is 0.0413 e. The largest absolute Gasteiger partial charge is 0.339 e. The molecule has 0 radical (unpaired) electrons. The van der Waals surface area contributed by atoms with Crippen molar-refractivity contribution in [3.8, 4) is 0 Å². The normalized spacial score (nSPS) is 19.3. The molecule has 0 heterocycles. The molecule has 1 nitrogen and oxygen atoms in total. The minimum Gasteiger partial charge on any atom is -0.339 e. The SMILES string of the molecule is CC1C=C(N(c2ccccc2)C(C)C)C=CC1. The molecular formula is C16H21N. The van der Waals surface area contributed by atoms with E-state index < -0.39 is 0 Å². The van der Waals surface area contributed by atoms with Crippen molar-refractivity contribution in [2.24, 2.45) is 5.92 Å². The molecule has 1 aromatic rings. The van der Waals surface area contributed by atoms with Gasteiger partial charge in [0.05, 0.1) is 0 Å². The molecule has 0 fully saturated rings. The highest BCUT2D eigenvalue weighted by Gasteiger charge is 2.16. The Bertz CT molecular complexity index is 414. The fraction of sp³-hybridized carbons (Fsp3) is 0.375. The van der Waals surface area contributed by atoms with E-state index in [1.54, 1.807) is 0 Å². The van der Waals surface area contributed by atoms with Gasteiger partial charge in [0, 0.05) is 17.4 Å². The average molecular weight is 227 g/mol. The van der Waals surface area contributed by atoms with Gasteiger partial charge in [-0.25, -0.2) is 0 Å². The van der Waals surface area contributed by atoms with Gasteiger partial charge in [-0.2, -0.15) is 0 Å². The van der Waals surface area contributed by atoms with Gasteiger partial charge in [-0.15, -0.1) is 0 Å². The summed E-state index contributed by atoms with van der Waals surface area (Å²) in [6, 6.07) is 11.1. The van der Waals surface area contributed by atoms with Crippen molar-refractivity contribution in [2.75, 3.05) is 4.90 Å². The lowest BCUT2D eigenvalue weighted by Gasteiger charge is -2.32. The summed E-state index contributed by atoms with van der Waals surface area (Å²) in [5.74, 6) is 0.639. The molecule has 1 aliphatic carbocycles. The number of para-hydroxylation sites is 1. The van der Waals surface area contributed by atoms with Gasteiger partial charge < -0.3 is 4.90 Å². The summed E-state index contributed by atoms with van der Waals surface area (Å²) in [6.07, 6.45) is 8.04. The fourth-order valence-corrected chi connectivity index (χ4v) is 2.31. The van der Waals surface area contributed by atoms with Crippen LogP contribution in [0.5, 0.6) is 0 Å². The molecule has 0 bridgehead atoms. The van der Waals surface area contributed by atoms with Crippen LogP contribution in [0.1, 0.15) is 27.2 Å². The van der Waals surface area contributed by atoms with E-state index in [9.17, 15) is 0 Å².